The maximum absolute atomic E-state index is 11.4. The Morgan fingerprint density at radius 1 is 1.31 bits per heavy atom. The Labute approximate surface area is 98.9 Å². The van der Waals surface area contributed by atoms with Crippen LogP contribution in [0, 0.1) is 0 Å². The molecule has 4 nitrogen and oxygen atoms in total. The Kier molecular flexibility index (Phi) is 8.21. The molecule has 96 valence electrons. The van der Waals surface area contributed by atoms with Crippen molar-refractivity contribution in [2.24, 2.45) is 5.73 Å². The van der Waals surface area contributed by atoms with E-state index in [1.165, 1.54) is 0 Å². The number of amides is 1. The van der Waals surface area contributed by atoms with Crippen LogP contribution < -0.4 is 11.1 Å². The van der Waals surface area contributed by atoms with Crippen LogP contribution in [0.3, 0.4) is 0 Å². The minimum atomic E-state index is -0.592. The molecule has 3 N–H and O–H groups in total. The Morgan fingerprint density at radius 2 is 2.00 bits per heavy atom. The van der Waals surface area contributed by atoms with Crippen LogP contribution in [-0.2, 0) is 9.53 Å². The Hall–Kier alpha value is -0.610. The van der Waals surface area contributed by atoms with Crippen LogP contribution in [0.4, 0.5) is 0 Å². The monoisotopic (exact) mass is 230 g/mol. The van der Waals surface area contributed by atoms with Crippen molar-refractivity contribution in [2.45, 2.75) is 52.0 Å². The van der Waals surface area contributed by atoms with E-state index in [0.29, 0.717) is 6.61 Å². The largest absolute Gasteiger partial charge is 0.381 e. The average Bonchev–Trinajstić information content (AvgIpc) is 2.26. The van der Waals surface area contributed by atoms with E-state index in [4.69, 9.17) is 10.5 Å². The summed E-state index contributed by atoms with van der Waals surface area (Å²) in [6, 6.07) is 0. The van der Waals surface area contributed by atoms with Gasteiger partial charge in [0.15, 0.2) is 0 Å². The number of carbonyl (C=O) groups is 1. The zero-order chi connectivity index (χ0) is 12.4. The Morgan fingerprint density at radius 3 is 2.50 bits per heavy atom. The van der Waals surface area contributed by atoms with E-state index in [9.17, 15) is 4.79 Å². The summed E-state index contributed by atoms with van der Waals surface area (Å²) in [7, 11) is 0. The van der Waals surface area contributed by atoms with Gasteiger partial charge in [0, 0.05) is 13.2 Å². The van der Waals surface area contributed by atoms with E-state index in [2.05, 4.69) is 19.2 Å². The standard InChI is InChI=1S/C12H26N2O2/c1-4-8-14-12(3,11(13)15)7-6-10-16-9-5-2/h14H,4-10H2,1-3H3,(H2,13,15). The Balaban J connectivity index is 3.88. The fourth-order valence-electron chi connectivity index (χ4n) is 1.47. The van der Waals surface area contributed by atoms with Gasteiger partial charge >= 0.3 is 0 Å². The molecule has 0 spiro atoms. The van der Waals surface area contributed by atoms with E-state index < -0.39 is 5.54 Å². The summed E-state index contributed by atoms with van der Waals surface area (Å²) in [5, 5.41) is 3.21. The summed E-state index contributed by atoms with van der Waals surface area (Å²) in [5.41, 5.74) is 4.82. The lowest BCUT2D eigenvalue weighted by atomic mass is 9.95. The predicted molar refractivity (Wildman–Crippen MR) is 66.2 cm³/mol. The third kappa shape index (κ3) is 6.08. The smallest absolute Gasteiger partial charge is 0.237 e. The lowest BCUT2D eigenvalue weighted by molar-refractivity contribution is -0.124. The van der Waals surface area contributed by atoms with Gasteiger partial charge in [-0.25, -0.2) is 0 Å². The number of hydrogen-bond acceptors (Lipinski definition) is 3. The molecule has 0 bridgehead atoms. The van der Waals surface area contributed by atoms with Gasteiger partial charge in [-0.2, -0.15) is 0 Å². The van der Waals surface area contributed by atoms with Crippen LogP contribution in [0.2, 0.25) is 0 Å². The second-order valence-corrected chi connectivity index (χ2v) is 4.34. The summed E-state index contributed by atoms with van der Waals surface area (Å²) in [6.45, 7) is 8.31. The van der Waals surface area contributed by atoms with Gasteiger partial charge in [0.2, 0.25) is 5.91 Å². The number of carbonyl (C=O) groups excluding carboxylic acids is 1. The summed E-state index contributed by atoms with van der Waals surface area (Å²) in [6.07, 6.45) is 3.61. The molecule has 0 aromatic carbocycles. The number of ether oxygens (including phenoxy) is 1. The number of nitrogens with two attached hydrogens (primary N) is 1. The number of nitrogens with one attached hydrogen (secondary N) is 1. The lowest BCUT2D eigenvalue weighted by Gasteiger charge is -2.27. The molecule has 0 aromatic heterocycles. The highest BCUT2D eigenvalue weighted by Gasteiger charge is 2.29. The number of rotatable bonds is 10. The van der Waals surface area contributed by atoms with Crippen LogP contribution in [0.1, 0.15) is 46.5 Å². The summed E-state index contributed by atoms with van der Waals surface area (Å²) in [4.78, 5) is 11.4. The zero-order valence-electron chi connectivity index (χ0n) is 10.8. The molecular formula is C12H26N2O2. The van der Waals surface area contributed by atoms with Crippen LogP contribution in [0.25, 0.3) is 0 Å². The maximum atomic E-state index is 11.4. The molecule has 0 aromatic rings. The SMILES string of the molecule is CCCNC(C)(CCCOCCC)C(N)=O. The van der Waals surface area contributed by atoms with E-state index >= 15 is 0 Å². The first-order valence-corrected chi connectivity index (χ1v) is 6.19. The third-order valence-corrected chi connectivity index (χ3v) is 2.62. The lowest BCUT2D eigenvalue weighted by Crippen LogP contribution is -2.53. The molecule has 0 aliphatic heterocycles. The van der Waals surface area contributed by atoms with Gasteiger partial charge < -0.3 is 15.8 Å². The van der Waals surface area contributed by atoms with Gasteiger partial charge in [-0.3, -0.25) is 4.79 Å². The highest BCUT2D eigenvalue weighted by molar-refractivity contribution is 5.84. The van der Waals surface area contributed by atoms with Crippen molar-refractivity contribution in [3.05, 3.63) is 0 Å². The molecule has 4 heteroatoms. The highest BCUT2D eigenvalue weighted by Crippen LogP contribution is 2.12. The summed E-state index contributed by atoms with van der Waals surface area (Å²) < 4.78 is 5.38. The first-order chi connectivity index (χ1) is 7.56. The summed E-state index contributed by atoms with van der Waals surface area (Å²) >= 11 is 0. The van der Waals surface area contributed by atoms with Crippen LogP contribution >= 0.6 is 0 Å². The second kappa shape index (κ2) is 8.53. The zero-order valence-corrected chi connectivity index (χ0v) is 10.8. The predicted octanol–water partition coefficient (Wildman–Crippen LogP) is 1.44. The van der Waals surface area contributed by atoms with Crippen LogP contribution in [0.5, 0.6) is 0 Å². The minimum absolute atomic E-state index is 0.281. The van der Waals surface area contributed by atoms with Crippen LogP contribution in [-0.4, -0.2) is 31.2 Å². The average molecular weight is 230 g/mol. The van der Waals surface area contributed by atoms with E-state index in [1.54, 1.807) is 0 Å². The molecule has 0 fully saturated rings. The number of primary amides is 1. The molecule has 0 radical (unpaired) electrons. The van der Waals surface area contributed by atoms with Crippen molar-refractivity contribution in [1.82, 2.24) is 5.32 Å². The van der Waals surface area contributed by atoms with Crippen molar-refractivity contribution >= 4 is 5.91 Å². The van der Waals surface area contributed by atoms with Gasteiger partial charge in [-0.05, 0) is 39.2 Å². The van der Waals surface area contributed by atoms with Crippen molar-refractivity contribution in [1.29, 1.82) is 0 Å². The van der Waals surface area contributed by atoms with Crippen molar-refractivity contribution in [2.75, 3.05) is 19.8 Å². The molecule has 0 rings (SSSR count). The third-order valence-electron chi connectivity index (χ3n) is 2.62. The van der Waals surface area contributed by atoms with E-state index in [1.807, 2.05) is 6.92 Å². The quantitative estimate of drug-likeness (QED) is 0.558. The van der Waals surface area contributed by atoms with Gasteiger partial charge in [0.1, 0.15) is 0 Å². The first kappa shape index (κ1) is 15.4. The van der Waals surface area contributed by atoms with Crippen LogP contribution in [0.15, 0.2) is 0 Å². The van der Waals surface area contributed by atoms with Crippen molar-refractivity contribution < 1.29 is 9.53 Å². The molecule has 1 amide bonds. The van der Waals surface area contributed by atoms with Crippen molar-refractivity contribution in [3.8, 4) is 0 Å². The first-order valence-electron chi connectivity index (χ1n) is 6.19. The van der Waals surface area contributed by atoms with Gasteiger partial charge in [0.05, 0.1) is 5.54 Å². The fraction of sp³-hybridized carbons (Fsp3) is 0.917. The Bertz CT molecular complexity index is 197. The van der Waals surface area contributed by atoms with Gasteiger partial charge in [0.25, 0.3) is 0 Å². The molecule has 1 unspecified atom stereocenters. The van der Waals surface area contributed by atoms with E-state index in [0.717, 1.165) is 38.8 Å². The van der Waals surface area contributed by atoms with Gasteiger partial charge in [-0.15, -0.1) is 0 Å². The fourth-order valence-corrected chi connectivity index (χ4v) is 1.47. The van der Waals surface area contributed by atoms with E-state index in [-0.39, 0.29) is 5.91 Å². The molecule has 1 atom stereocenters. The van der Waals surface area contributed by atoms with Gasteiger partial charge in [-0.1, -0.05) is 13.8 Å². The molecule has 0 saturated carbocycles. The molecule has 0 saturated heterocycles. The minimum Gasteiger partial charge on any atom is -0.381 e. The normalized spacial score (nSPS) is 14.7. The number of hydrogen-bond donors (Lipinski definition) is 2. The van der Waals surface area contributed by atoms with Crippen molar-refractivity contribution in [3.63, 3.8) is 0 Å². The molecule has 16 heavy (non-hydrogen) atoms. The molecule has 0 aliphatic carbocycles. The highest BCUT2D eigenvalue weighted by atomic mass is 16.5. The maximum Gasteiger partial charge on any atom is 0.237 e. The second-order valence-electron chi connectivity index (χ2n) is 4.34. The molecule has 0 heterocycles. The topological polar surface area (TPSA) is 64.3 Å². The summed E-state index contributed by atoms with van der Waals surface area (Å²) in [5.74, 6) is -0.281. The molecule has 0 aliphatic rings. The molecular weight excluding hydrogens is 204 g/mol.